The van der Waals surface area contributed by atoms with Gasteiger partial charge in [0.15, 0.2) is 5.76 Å². The molecule has 162 valence electrons. The average Bonchev–Trinajstić information content (AvgIpc) is 2.82. The van der Waals surface area contributed by atoms with E-state index in [0.29, 0.717) is 27.1 Å². The topological polar surface area (TPSA) is 86.7 Å². The highest BCUT2D eigenvalue weighted by molar-refractivity contribution is 6.32. The van der Waals surface area contributed by atoms with Gasteiger partial charge in [-0.15, -0.1) is 0 Å². The molecule has 6 nitrogen and oxygen atoms in total. The van der Waals surface area contributed by atoms with E-state index >= 15 is 0 Å². The minimum Gasteiger partial charge on any atom is -0.452 e. The molecule has 0 aliphatic carbocycles. The number of carbonyl (C=O) groups excluding carboxylic acids is 1. The second-order valence-electron chi connectivity index (χ2n) is 7.43. The van der Waals surface area contributed by atoms with E-state index in [1.165, 1.54) is 12.1 Å². The van der Waals surface area contributed by atoms with Gasteiger partial charge in [-0.1, -0.05) is 60.1 Å². The molecule has 2 aromatic heterocycles. The maximum Gasteiger partial charge on any atom is 0.351 e. The van der Waals surface area contributed by atoms with Crippen molar-refractivity contribution in [1.29, 1.82) is 0 Å². The van der Waals surface area contributed by atoms with Crippen molar-refractivity contribution in [1.82, 2.24) is 0 Å². The zero-order valence-electron chi connectivity index (χ0n) is 17.3. The van der Waals surface area contributed by atoms with Crippen molar-refractivity contribution >= 4 is 39.5 Å². The number of fused-ring (bicyclic) bond motifs is 2. The Balaban J connectivity index is 1.70. The van der Waals surface area contributed by atoms with Gasteiger partial charge in [-0.25, -0.2) is 9.59 Å². The van der Waals surface area contributed by atoms with Gasteiger partial charge < -0.3 is 13.6 Å². The number of hydrogen-bond acceptors (Lipinski definition) is 6. The monoisotopic (exact) mass is 458 g/mol. The lowest BCUT2D eigenvalue weighted by Crippen LogP contribution is -2.22. The summed E-state index contributed by atoms with van der Waals surface area (Å²) >= 11 is 6.20. The zero-order valence-corrected chi connectivity index (χ0v) is 18.0. The molecule has 5 aromatic rings. The molecule has 0 aliphatic rings. The van der Waals surface area contributed by atoms with Crippen molar-refractivity contribution in [2.24, 2.45) is 0 Å². The molecule has 0 radical (unpaired) electrons. The van der Waals surface area contributed by atoms with Gasteiger partial charge in [0, 0.05) is 16.0 Å². The van der Waals surface area contributed by atoms with Gasteiger partial charge in [0.2, 0.25) is 11.2 Å². The molecule has 5 rings (SSSR count). The molecule has 0 unspecified atom stereocenters. The number of halogens is 1. The van der Waals surface area contributed by atoms with E-state index in [2.05, 4.69) is 0 Å². The minimum absolute atomic E-state index is 0.0633. The van der Waals surface area contributed by atoms with Crippen molar-refractivity contribution in [2.45, 2.75) is 6.92 Å². The van der Waals surface area contributed by atoms with E-state index in [1.807, 2.05) is 0 Å². The Morgan fingerprint density at radius 3 is 2.39 bits per heavy atom. The van der Waals surface area contributed by atoms with Crippen LogP contribution in [0.1, 0.15) is 15.9 Å². The summed E-state index contributed by atoms with van der Waals surface area (Å²) in [5, 5.41) is 1.06. The van der Waals surface area contributed by atoms with Crippen LogP contribution in [0.25, 0.3) is 33.3 Å². The highest BCUT2D eigenvalue weighted by atomic mass is 35.5. The fraction of sp³-hybridized carbons (Fsp3) is 0.0385. The quantitative estimate of drug-likeness (QED) is 0.253. The molecule has 0 saturated heterocycles. The van der Waals surface area contributed by atoms with Crippen LogP contribution in [-0.4, -0.2) is 5.97 Å². The predicted octanol–water partition coefficient (Wildman–Crippen LogP) is 5.75. The normalized spacial score (nSPS) is 11.1. The molecule has 0 N–H and O–H groups in total. The molecule has 0 saturated carbocycles. The molecule has 2 heterocycles. The maximum absolute atomic E-state index is 13.4. The summed E-state index contributed by atoms with van der Waals surface area (Å²) in [5.74, 6) is -1.31. The fourth-order valence-corrected chi connectivity index (χ4v) is 3.69. The molecule has 0 aliphatic heterocycles. The van der Waals surface area contributed by atoms with E-state index in [-0.39, 0.29) is 22.5 Å². The summed E-state index contributed by atoms with van der Waals surface area (Å²) in [7, 11) is 0. The number of benzene rings is 3. The van der Waals surface area contributed by atoms with Crippen molar-refractivity contribution < 1.29 is 18.4 Å². The Kier molecular flexibility index (Phi) is 5.07. The Morgan fingerprint density at radius 2 is 1.61 bits per heavy atom. The first kappa shape index (κ1) is 20.7. The summed E-state index contributed by atoms with van der Waals surface area (Å²) in [5.41, 5.74) is 0.0841. The van der Waals surface area contributed by atoms with Crippen LogP contribution in [0.5, 0.6) is 5.75 Å². The first-order valence-electron chi connectivity index (χ1n) is 10.00. The average molecular weight is 459 g/mol. The van der Waals surface area contributed by atoms with Gasteiger partial charge in [-0.2, -0.15) is 0 Å². The van der Waals surface area contributed by atoms with E-state index in [4.69, 9.17) is 25.2 Å². The number of carbonyl (C=O) groups is 1. The third-order valence-electron chi connectivity index (χ3n) is 5.22. The molecule has 3 aromatic carbocycles. The smallest absolute Gasteiger partial charge is 0.351 e. The van der Waals surface area contributed by atoms with Crippen LogP contribution < -0.4 is 15.8 Å². The summed E-state index contributed by atoms with van der Waals surface area (Å²) in [6.45, 7) is 1.79. The largest absolute Gasteiger partial charge is 0.452 e. The summed E-state index contributed by atoms with van der Waals surface area (Å²) < 4.78 is 16.7. The van der Waals surface area contributed by atoms with Gasteiger partial charge in [-0.3, -0.25) is 4.79 Å². The van der Waals surface area contributed by atoms with E-state index in [9.17, 15) is 14.4 Å². The third-order valence-corrected chi connectivity index (χ3v) is 5.63. The summed E-state index contributed by atoms with van der Waals surface area (Å²) in [4.78, 5) is 38.7. The standard InChI is InChI=1S/C26H15ClO6/c1-14-11-21-17(13-19(14)27)22(28)24(23(31-21)15-7-3-2-4-8-15)33-26(30)18-12-16-9-5-6-10-20(16)32-25(18)29/h2-13H,1H3. The molecule has 0 atom stereocenters. The van der Waals surface area contributed by atoms with Crippen LogP contribution >= 0.6 is 11.6 Å². The number of aryl methyl sites for hydroxylation is 1. The van der Waals surface area contributed by atoms with Crippen LogP contribution in [0.2, 0.25) is 5.02 Å². The zero-order chi connectivity index (χ0) is 23.1. The Bertz CT molecular complexity index is 1660. The van der Waals surface area contributed by atoms with Crippen molar-refractivity contribution in [3.63, 3.8) is 0 Å². The van der Waals surface area contributed by atoms with Crippen LogP contribution in [0, 0.1) is 6.92 Å². The van der Waals surface area contributed by atoms with E-state index in [1.54, 1.807) is 67.6 Å². The maximum atomic E-state index is 13.4. The number of esters is 1. The lowest BCUT2D eigenvalue weighted by Gasteiger charge is -2.11. The van der Waals surface area contributed by atoms with Crippen molar-refractivity contribution in [3.05, 3.63) is 110 Å². The van der Waals surface area contributed by atoms with Gasteiger partial charge in [0.1, 0.15) is 16.7 Å². The second-order valence-corrected chi connectivity index (χ2v) is 7.84. The third kappa shape index (κ3) is 3.70. The molecular weight excluding hydrogens is 444 g/mol. The van der Waals surface area contributed by atoms with E-state index < -0.39 is 17.0 Å². The highest BCUT2D eigenvalue weighted by Gasteiger charge is 2.24. The Hall–Kier alpha value is -4.16. The predicted molar refractivity (Wildman–Crippen MR) is 125 cm³/mol. The molecule has 0 amide bonds. The van der Waals surface area contributed by atoms with Gasteiger partial charge in [0.25, 0.3) is 0 Å². The van der Waals surface area contributed by atoms with Gasteiger partial charge >= 0.3 is 11.6 Å². The van der Waals surface area contributed by atoms with E-state index in [0.717, 1.165) is 5.56 Å². The first-order chi connectivity index (χ1) is 15.9. The molecule has 0 bridgehead atoms. The van der Waals surface area contributed by atoms with Crippen LogP contribution in [0.15, 0.2) is 91.2 Å². The second kappa shape index (κ2) is 8.07. The van der Waals surface area contributed by atoms with Crippen molar-refractivity contribution in [3.8, 4) is 17.1 Å². The molecular formula is C26H15ClO6. The highest BCUT2D eigenvalue weighted by Crippen LogP contribution is 2.33. The molecule has 0 fully saturated rings. The lowest BCUT2D eigenvalue weighted by molar-refractivity contribution is 0.0727. The SMILES string of the molecule is Cc1cc2oc(-c3ccccc3)c(OC(=O)c3cc4ccccc4oc3=O)c(=O)c2cc1Cl. The van der Waals surface area contributed by atoms with Crippen LogP contribution in [0.4, 0.5) is 0 Å². The van der Waals surface area contributed by atoms with Gasteiger partial charge in [0.05, 0.1) is 5.39 Å². The number of para-hydroxylation sites is 1. The Labute approximate surface area is 191 Å². The van der Waals surface area contributed by atoms with Crippen LogP contribution in [-0.2, 0) is 0 Å². The number of hydrogen-bond donors (Lipinski definition) is 0. The first-order valence-corrected chi connectivity index (χ1v) is 10.4. The molecule has 7 heteroatoms. The van der Waals surface area contributed by atoms with Crippen LogP contribution in [0.3, 0.4) is 0 Å². The fourth-order valence-electron chi connectivity index (χ4n) is 3.52. The lowest BCUT2D eigenvalue weighted by atomic mass is 10.1. The minimum atomic E-state index is -1.03. The van der Waals surface area contributed by atoms with Crippen molar-refractivity contribution in [2.75, 3.05) is 0 Å². The molecule has 33 heavy (non-hydrogen) atoms. The molecule has 0 spiro atoms. The van der Waals surface area contributed by atoms with Gasteiger partial charge in [-0.05, 0) is 36.8 Å². The summed E-state index contributed by atoms with van der Waals surface area (Å²) in [6, 6.07) is 20.0. The number of ether oxygens (including phenoxy) is 1. The summed E-state index contributed by atoms with van der Waals surface area (Å²) in [6.07, 6.45) is 0. The Morgan fingerprint density at radius 1 is 0.879 bits per heavy atom. The number of rotatable bonds is 3.